The molecule has 0 amide bonds. The molecule has 0 aromatic rings. The fourth-order valence-electron chi connectivity index (χ4n) is 0.134. The van der Waals surface area contributed by atoms with Gasteiger partial charge in [-0.15, -0.1) is 0 Å². The van der Waals surface area contributed by atoms with Crippen molar-refractivity contribution in [3.05, 3.63) is 0 Å². The molecule has 1 radical (unpaired) electrons. The molecule has 0 rings (SSSR count). The first-order valence-corrected chi connectivity index (χ1v) is 3.10. The molecule has 9 heteroatoms. The quantitative estimate of drug-likeness (QED) is 0.435. The summed E-state index contributed by atoms with van der Waals surface area (Å²) in [6, 6.07) is 0. The summed E-state index contributed by atoms with van der Waals surface area (Å²) in [5.41, 5.74) is 0. The van der Waals surface area contributed by atoms with E-state index in [1.807, 2.05) is 0 Å². The molecule has 0 aromatic carbocycles. The predicted octanol–water partition coefficient (Wildman–Crippen LogP) is -0.372. The zero-order chi connectivity index (χ0) is 8.36. The zero-order valence-corrected chi connectivity index (χ0v) is 6.07. The number of alkyl halides is 2. The maximum absolute atomic E-state index is 11.2. The normalized spacial score (nSPS) is 10.5. The SMILES string of the molecule is O=C(OS(=O)(=O)F)C(F)F.[Li]. The van der Waals surface area contributed by atoms with Gasteiger partial charge in [0.2, 0.25) is 0 Å². The first-order valence-electron chi connectivity index (χ1n) is 1.79. The second-order valence-electron chi connectivity index (χ2n) is 1.10. The van der Waals surface area contributed by atoms with Crippen LogP contribution in [0.4, 0.5) is 12.7 Å². The Balaban J connectivity index is 0. The molecule has 0 aliphatic heterocycles. The van der Waals surface area contributed by atoms with E-state index in [2.05, 4.69) is 4.18 Å². The van der Waals surface area contributed by atoms with Gasteiger partial charge < -0.3 is 4.18 Å². The molecule has 0 aliphatic carbocycles. The van der Waals surface area contributed by atoms with Crippen LogP contribution in [0.25, 0.3) is 0 Å². The molecule has 0 fully saturated rings. The van der Waals surface area contributed by atoms with Crippen molar-refractivity contribution >= 4 is 35.3 Å². The van der Waals surface area contributed by atoms with Gasteiger partial charge in [-0.2, -0.15) is 17.2 Å². The molecule has 0 unspecified atom stereocenters. The third-order valence-corrected chi connectivity index (χ3v) is 0.723. The summed E-state index contributed by atoms with van der Waals surface area (Å²) in [6.45, 7) is 0. The number of halogens is 3. The van der Waals surface area contributed by atoms with E-state index in [0.29, 0.717) is 0 Å². The molecule has 61 valence electrons. The van der Waals surface area contributed by atoms with Crippen LogP contribution in [0.3, 0.4) is 0 Å². The van der Waals surface area contributed by atoms with Crippen LogP contribution >= 0.6 is 0 Å². The Morgan fingerprint density at radius 2 is 1.73 bits per heavy atom. The summed E-state index contributed by atoms with van der Waals surface area (Å²) in [6.07, 6.45) is -3.65. The van der Waals surface area contributed by atoms with Gasteiger partial charge in [0.1, 0.15) is 0 Å². The van der Waals surface area contributed by atoms with Gasteiger partial charge >= 0.3 is 22.9 Å². The van der Waals surface area contributed by atoms with E-state index in [1.54, 1.807) is 0 Å². The van der Waals surface area contributed by atoms with Gasteiger partial charge in [-0.25, -0.2) is 4.79 Å². The Hall–Kier alpha value is -0.193. The molecule has 11 heavy (non-hydrogen) atoms. The van der Waals surface area contributed by atoms with Crippen LogP contribution in [0.5, 0.6) is 0 Å². The van der Waals surface area contributed by atoms with E-state index in [4.69, 9.17) is 0 Å². The van der Waals surface area contributed by atoms with E-state index >= 15 is 0 Å². The third kappa shape index (κ3) is 7.71. The van der Waals surface area contributed by atoms with Crippen LogP contribution in [-0.2, 0) is 19.5 Å². The fraction of sp³-hybridized carbons (Fsp3) is 0.500. The smallest absolute Gasteiger partial charge is 0.316 e. The molecule has 0 aliphatic rings. The number of carbonyl (C=O) groups excluding carboxylic acids is 1. The van der Waals surface area contributed by atoms with Crippen LogP contribution in [0, 0.1) is 0 Å². The Morgan fingerprint density at radius 3 is 1.82 bits per heavy atom. The number of hydrogen-bond donors (Lipinski definition) is 0. The number of carbonyl (C=O) groups is 1. The Morgan fingerprint density at radius 1 is 1.36 bits per heavy atom. The maximum Gasteiger partial charge on any atom is 0.491 e. The maximum atomic E-state index is 11.2. The molecule has 0 saturated carbocycles. The second-order valence-corrected chi connectivity index (χ2v) is 2.05. The van der Waals surface area contributed by atoms with Gasteiger partial charge in [0.05, 0.1) is 0 Å². The van der Waals surface area contributed by atoms with E-state index in [9.17, 15) is 25.9 Å². The van der Waals surface area contributed by atoms with Crippen molar-refractivity contribution in [1.82, 2.24) is 0 Å². The molecule has 4 nitrogen and oxygen atoms in total. The molecule has 0 saturated heterocycles. The van der Waals surface area contributed by atoms with Crippen LogP contribution in [0.1, 0.15) is 0 Å². The van der Waals surface area contributed by atoms with Crippen LogP contribution in [0.2, 0.25) is 0 Å². The van der Waals surface area contributed by atoms with Crippen molar-refractivity contribution in [3.63, 3.8) is 0 Å². The van der Waals surface area contributed by atoms with Crippen molar-refractivity contribution in [3.8, 4) is 0 Å². The van der Waals surface area contributed by atoms with Gasteiger partial charge in [-0.3, -0.25) is 0 Å². The van der Waals surface area contributed by atoms with Crippen molar-refractivity contribution < 1.29 is 30.1 Å². The van der Waals surface area contributed by atoms with Crippen LogP contribution in [0.15, 0.2) is 0 Å². The third-order valence-electron chi connectivity index (χ3n) is 0.360. The average Bonchev–Trinajstić information content (AvgIpc) is 1.60. The molecule has 0 heterocycles. The Labute approximate surface area is 72.3 Å². The summed E-state index contributed by atoms with van der Waals surface area (Å²) < 4.78 is 54.5. The zero-order valence-electron chi connectivity index (χ0n) is 5.25. The Bertz CT molecular complexity index is 223. The number of hydrogen-bond acceptors (Lipinski definition) is 4. The van der Waals surface area contributed by atoms with Gasteiger partial charge in [-0.1, -0.05) is 3.89 Å². The molecular formula is C2HF3LiO4S. The van der Waals surface area contributed by atoms with Crippen molar-refractivity contribution in [2.75, 3.05) is 0 Å². The van der Waals surface area contributed by atoms with Crippen molar-refractivity contribution in [2.24, 2.45) is 0 Å². The average molecular weight is 185 g/mol. The summed E-state index contributed by atoms with van der Waals surface area (Å²) >= 11 is 0. The molecule has 0 atom stereocenters. The summed E-state index contributed by atoms with van der Waals surface area (Å²) in [7, 11) is -5.60. The van der Waals surface area contributed by atoms with E-state index in [1.165, 1.54) is 0 Å². The van der Waals surface area contributed by atoms with E-state index in [0.717, 1.165) is 0 Å². The van der Waals surface area contributed by atoms with Crippen molar-refractivity contribution in [2.45, 2.75) is 6.43 Å². The van der Waals surface area contributed by atoms with Crippen molar-refractivity contribution in [1.29, 1.82) is 0 Å². The van der Waals surface area contributed by atoms with Gasteiger partial charge in [-0.05, 0) is 0 Å². The van der Waals surface area contributed by atoms with Gasteiger partial charge in [0.15, 0.2) is 0 Å². The summed E-state index contributed by atoms with van der Waals surface area (Å²) in [5.74, 6) is -2.43. The number of rotatable bonds is 2. The monoisotopic (exact) mass is 185 g/mol. The first-order chi connectivity index (χ1) is 4.33. The molecule has 0 spiro atoms. The predicted molar refractivity (Wildman–Crippen MR) is 27.9 cm³/mol. The van der Waals surface area contributed by atoms with Crippen LogP contribution in [-0.4, -0.2) is 39.7 Å². The Kier molecular flexibility index (Phi) is 5.65. The standard InChI is InChI=1S/C2HF3O4S.Li/c3-1(4)2(6)9-10(5,7)8;/h1H;. The van der Waals surface area contributed by atoms with Crippen LogP contribution < -0.4 is 0 Å². The molecule has 0 N–H and O–H groups in total. The fourth-order valence-corrected chi connectivity index (χ4v) is 0.403. The van der Waals surface area contributed by atoms with E-state index in [-0.39, 0.29) is 18.9 Å². The van der Waals surface area contributed by atoms with Gasteiger partial charge in [0.25, 0.3) is 0 Å². The second kappa shape index (κ2) is 4.64. The topological polar surface area (TPSA) is 60.4 Å². The summed E-state index contributed by atoms with van der Waals surface area (Å²) in [4.78, 5) is 9.57. The minimum atomic E-state index is -5.60. The minimum Gasteiger partial charge on any atom is -0.316 e. The van der Waals surface area contributed by atoms with E-state index < -0.39 is 22.9 Å². The molecule has 0 bridgehead atoms. The molecule has 0 aromatic heterocycles. The first kappa shape index (κ1) is 13.4. The largest absolute Gasteiger partial charge is 0.491 e. The minimum absolute atomic E-state index is 0. The summed E-state index contributed by atoms with van der Waals surface area (Å²) in [5, 5.41) is 0. The molecular weight excluding hydrogens is 184 g/mol. The van der Waals surface area contributed by atoms with Gasteiger partial charge in [0, 0.05) is 18.9 Å².